The second kappa shape index (κ2) is 9.92. The zero-order valence-corrected chi connectivity index (χ0v) is 20.0. The van der Waals surface area contributed by atoms with Crippen LogP contribution >= 0.6 is 15.9 Å². The molecule has 0 aliphatic rings. The Bertz CT molecular complexity index is 1220. The minimum atomic E-state index is -0.242. The van der Waals surface area contributed by atoms with Gasteiger partial charge in [-0.15, -0.1) is 0 Å². The van der Waals surface area contributed by atoms with Crippen molar-refractivity contribution in [1.29, 1.82) is 0 Å². The van der Waals surface area contributed by atoms with Crippen LogP contribution in [0.2, 0.25) is 0 Å². The van der Waals surface area contributed by atoms with Gasteiger partial charge < -0.3 is 0 Å². The SMILES string of the molecule is COc1ccc([Se]c2ccccc2Br)c(-c2ccccc2NC(=O)c2ccccn2)c1. The number of nitrogens with zero attached hydrogens (tertiary/aromatic N) is 1. The number of nitrogens with one attached hydrogen (secondary N) is 1. The molecule has 0 aliphatic heterocycles. The topological polar surface area (TPSA) is 51.2 Å². The van der Waals surface area contributed by atoms with Gasteiger partial charge >= 0.3 is 197 Å². The number of pyridine rings is 1. The Hall–Kier alpha value is -2.92. The third-order valence-electron chi connectivity index (χ3n) is 4.61. The summed E-state index contributed by atoms with van der Waals surface area (Å²) < 4.78 is 9.03. The monoisotopic (exact) mass is 538 g/mol. The number of amides is 1. The van der Waals surface area contributed by atoms with E-state index in [-0.39, 0.29) is 20.9 Å². The Morgan fingerprint density at radius 2 is 1.68 bits per heavy atom. The van der Waals surface area contributed by atoms with Crippen molar-refractivity contribution in [3.63, 3.8) is 0 Å². The Labute approximate surface area is 196 Å². The molecule has 0 saturated heterocycles. The number of anilines is 1. The summed E-state index contributed by atoms with van der Waals surface area (Å²) in [4.78, 5) is 16.9. The van der Waals surface area contributed by atoms with Crippen molar-refractivity contribution in [1.82, 2.24) is 4.98 Å². The van der Waals surface area contributed by atoms with E-state index < -0.39 is 0 Å². The van der Waals surface area contributed by atoms with Crippen molar-refractivity contribution in [3.05, 3.63) is 101 Å². The van der Waals surface area contributed by atoms with E-state index in [2.05, 4.69) is 44.4 Å². The molecule has 1 aromatic heterocycles. The molecule has 0 atom stereocenters. The van der Waals surface area contributed by atoms with Crippen LogP contribution in [-0.2, 0) is 0 Å². The van der Waals surface area contributed by atoms with E-state index in [1.54, 1.807) is 31.5 Å². The molecule has 31 heavy (non-hydrogen) atoms. The zero-order valence-electron chi connectivity index (χ0n) is 16.7. The first kappa shape index (κ1) is 21.3. The van der Waals surface area contributed by atoms with Crippen molar-refractivity contribution >= 4 is 51.4 Å². The van der Waals surface area contributed by atoms with Gasteiger partial charge in [-0.3, -0.25) is 0 Å². The van der Waals surface area contributed by atoms with Crippen LogP contribution in [0.15, 0.2) is 95.6 Å². The van der Waals surface area contributed by atoms with Gasteiger partial charge in [0.2, 0.25) is 0 Å². The number of carbonyl (C=O) groups is 1. The number of rotatable bonds is 6. The number of hydrogen-bond donors (Lipinski definition) is 1. The van der Waals surface area contributed by atoms with E-state index >= 15 is 0 Å². The van der Waals surface area contributed by atoms with E-state index in [0.717, 1.165) is 27.0 Å². The van der Waals surface area contributed by atoms with Gasteiger partial charge in [-0.2, -0.15) is 0 Å². The van der Waals surface area contributed by atoms with Gasteiger partial charge in [0.25, 0.3) is 0 Å². The molecule has 154 valence electrons. The molecule has 4 nitrogen and oxygen atoms in total. The molecular weight excluding hydrogens is 519 g/mol. The standard InChI is InChI=1S/C25H19BrN2O2Se/c1-30-17-13-14-23(31-24-12-5-3-9-20(24)26)19(16-17)18-8-2-4-10-21(18)28-25(29)22-11-6-7-15-27-22/h2-16H,1H3,(H,28,29). The summed E-state index contributed by atoms with van der Waals surface area (Å²) in [7, 11) is 1.66. The van der Waals surface area contributed by atoms with Crippen LogP contribution in [0.5, 0.6) is 5.75 Å². The Morgan fingerprint density at radius 1 is 0.903 bits per heavy atom. The first-order valence-electron chi connectivity index (χ1n) is 9.58. The summed E-state index contributed by atoms with van der Waals surface area (Å²) in [5.41, 5.74) is 3.08. The molecule has 0 spiro atoms. The Kier molecular flexibility index (Phi) is 6.82. The van der Waals surface area contributed by atoms with Crippen molar-refractivity contribution in [2.45, 2.75) is 0 Å². The van der Waals surface area contributed by atoms with E-state index in [4.69, 9.17) is 4.74 Å². The molecule has 0 unspecified atom stereocenters. The van der Waals surface area contributed by atoms with Crippen LogP contribution in [0.3, 0.4) is 0 Å². The number of carbonyl (C=O) groups excluding carboxylic acids is 1. The molecule has 3 aromatic carbocycles. The molecule has 0 fully saturated rings. The number of aromatic nitrogens is 1. The second-order valence-corrected chi connectivity index (χ2v) is 9.74. The molecule has 0 saturated carbocycles. The molecule has 1 amide bonds. The van der Waals surface area contributed by atoms with Crippen LogP contribution in [0.1, 0.15) is 10.5 Å². The summed E-state index contributed by atoms with van der Waals surface area (Å²) in [6, 6.07) is 27.5. The maximum atomic E-state index is 12.7. The van der Waals surface area contributed by atoms with E-state index in [0.29, 0.717) is 5.69 Å². The molecule has 4 aromatic rings. The summed E-state index contributed by atoms with van der Waals surface area (Å²) >= 11 is 3.72. The van der Waals surface area contributed by atoms with Gasteiger partial charge in [0.05, 0.1) is 0 Å². The van der Waals surface area contributed by atoms with Crippen LogP contribution in [0, 0.1) is 0 Å². The van der Waals surface area contributed by atoms with Crippen LogP contribution in [0.25, 0.3) is 11.1 Å². The van der Waals surface area contributed by atoms with Gasteiger partial charge in [-0.05, 0) is 0 Å². The molecule has 0 radical (unpaired) electrons. The van der Waals surface area contributed by atoms with Crippen LogP contribution < -0.4 is 19.0 Å². The van der Waals surface area contributed by atoms with Crippen LogP contribution in [0.4, 0.5) is 5.69 Å². The summed E-state index contributed by atoms with van der Waals surface area (Å²) in [5, 5.41) is 3.02. The number of methoxy groups -OCH3 is 1. The van der Waals surface area contributed by atoms with Gasteiger partial charge in [0.15, 0.2) is 0 Å². The molecule has 1 N–H and O–H groups in total. The quantitative estimate of drug-likeness (QED) is 0.370. The van der Waals surface area contributed by atoms with E-state index in [1.165, 1.54) is 8.92 Å². The second-order valence-electron chi connectivity index (χ2n) is 6.61. The third kappa shape index (κ3) is 5.05. The fourth-order valence-electron chi connectivity index (χ4n) is 3.09. The van der Waals surface area contributed by atoms with Gasteiger partial charge in [-0.25, -0.2) is 0 Å². The number of ether oxygens (including phenoxy) is 1. The number of benzene rings is 3. The average Bonchev–Trinajstić information content (AvgIpc) is 2.82. The van der Waals surface area contributed by atoms with Crippen molar-refractivity contribution in [2.75, 3.05) is 12.4 Å². The molecular formula is C25H19BrN2O2Se. The minimum absolute atomic E-state index is 0.0554. The molecule has 0 aliphatic carbocycles. The summed E-state index contributed by atoms with van der Waals surface area (Å²) in [6.45, 7) is 0. The normalized spacial score (nSPS) is 10.5. The fourth-order valence-corrected chi connectivity index (χ4v) is 5.82. The van der Waals surface area contributed by atoms with Gasteiger partial charge in [0.1, 0.15) is 0 Å². The number of halogens is 1. The number of hydrogen-bond acceptors (Lipinski definition) is 3. The fraction of sp³-hybridized carbons (Fsp3) is 0.0400. The predicted molar refractivity (Wildman–Crippen MR) is 130 cm³/mol. The van der Waals surface area contributed by atoms with Crippen molar-refractivity contribution in [3.8, 4) is 16.9 Å². The van der Waals surface area contributed by atoms with Crippen molar-refractivity contribution in [2.24, 2.45) is 0 Å². The molecule has 6 heteroatoms. The average molecular weight is 538 g/mol. The van der Waals surface area contributed by atoms with E-state index in [9.17, 15) is 4.79 Å². The maximum absolute atomic E-state index is 12.7. The third-order valence-corrected chi connectivity index (χ3v) is 8.30. The van der Waals surface area contributed by atoms with E-state index in [1.807, 2.05) is 48.5 Å². The predicted octanol–water partition coefficient (Wildman–Crippen LogP) is 4.43. The van der Waals surface area contributed by atoms with Gasteiger partial charge in [-0.1, -0.05) is 0 Å². The zero-order chi connectivity index (χ0) is 21.6. The summed E-state index contributed by atoms with van der Waals surface area (Å²) in [5.74, 6) is 0.529. The molecule has 0 bridgehead atoms. The van der Waals surface area contributed by atoms with Crippen molar-refractivity contribution < 1.29 is 9.53 Å². The summed E-state index contributed by atoms with van der Waals surface area (Å²) in [6.07, 6.45) is 1.61. The molecule has 1 heterocycles. The number of para-hydroxylation sites is 1. The molecule has 4 rings (SSSR count). The van der Waals surface area contributed by atoms with Gasteiger partial charge in [0, 0.05) is 0 Å². The Morgan fingerprint density at radius 3 is 2.45 bits per heavy atom. The van der Waals surface area contributed by atoms with Crippen LogP contribution in [-0.4, -0.2) is 33.0 Å². The Balaban J connectivity index is 1.75. The first-order chi connectivity index (χ1) is 15.2. The first-order valence-corrected chi connectivity index (χ1v) is 12.1.